The van der Waals surface area contributed by atoms with Gasteiger partial charge in [0.15, 0.2) is 5.82 Å². The summed E-state index contributed by atoms with van der Waals surface area (Å²) in [6, 6.07) is 11.0. The molecule has 5 aromatic rings. The Bertz CT molecular complexity index is 1770. The number of nitrogens with zero attached hydrogens (tertiary/aromatic N) is 6. The van der Waals surface area contributed by atoms with Crippen LogP contribution < -0.4 is 10.5 Å². The Morgan fingerprint density at radius 2 is 2.05 bits per heavy atom. The van der Waals surface area contributed by atoms with Crippen molar-refractivity contribution in [2.24, 2.45) is 18.7 Å². The zero-order valence-electron chi connectivity index (χ0n) is 23.4. The number of alkyl halides is 2. The van der Waals surface area contributed by atoms with Crippen LogP contribution in [0.3, 0.4) is 0 Å². The van der Waals surface area contributed by atoms with Crippen LogP contribution >= 0.6 is 0 Å². The van der Waals surface area contributed by atoms with Gasteiger partial charge in [0.2, 0.25) is 0 Å². The molecule has 0 bridgehead atoms. The number of nitrogens with two attached hydrogens (primary N) is 1. The number of hydrogen-bond acceptors (Lipinski definition) is 5. The molecule has 0 saturated heterocycles. The molecular formula is C31H33F2N7O2. The number of aryl methyl sites for hydroxylation is 1. The maximum absolute atomic E-state index is 15.1. The molecule has 4 heterocycles. The smallest absolute Gasteiger partial charge is 0.256 e. The molecule has 1 amide bonds. The summed E-state index contributed by atoms with van der Waals surface area (Å²) >= 11 is 0. The molecule has 9 nitrogen and oxygen atoms in total. The van der Waals surface area contributed by atoms with Crippen molar-refractivity contribution in [3.63, 3.8) is 0 Å². The second-order valence-corrected chi connectivity index (χ2v) is 11.5. The SMILES string of the molecule is Cn1c(-c2cc3cccc(OC(F)Cn4ccnc4)c3n2CC2CC2)nc2cc3c(cc21)CCN(C[C@H](N)CF)C3=O. The summed E-state index contributed by atoms with van der Waals surface area (Å²) in [7, 11) is 1.98. The van der Waals surface area contributed by atoms with Crippen LogP contribution in [0.2, 0.25) is 0 Å². The van der Waals surface area contributed by atoms with Crippen LogP contribution in [0.1, 0.15) is 28.8 Å². The Hall–Kier alpha value is -4.25. The number of ether oxygens (including phenoxy) is 1. The van der Waals surface area contributed by atoms with Gasteiger partial charge >= 0.3 is 0 Å². The van der Waals surface area contributed by atoms with Crippen LogP contribution in [0.5, 0.6) is 5.75 Å². The molecule has 1 aliphatic heterocycles. The van der Waals surface area contributed by atoms with Crippen LogP contribution in [0.25, 0.3) is 33.5 Å². The van der Waals surface area contributed by atoms with Crippen molar-refractivity contribution in [3.8, 4) is 17.3 Å². The normalized spacial score (nSPS) is 16.8. The van der Waals surface area contributed by atoms with E-state index in [9.17, 15) is 9.18 Å². The number of fused-ring (bicyclic) bond motifs is 3. The molecule has 2 aromatic carbocycles. The second kappa shape index (κ2) is 10.5. The van der Waals surface area contributed by atoms with E-state index in [1.165, 1.54) is 0 Å². The fourth-order valence-electron chi connectivity index (χ4n) is 6.00. The molecule has 2 N–H and O–H groups in total. The molecule has 42 heavy (non-hydrogen) atoms. The Kier molecular flexibility index (Phi) is 6.69. The van der Waals surface area contributed by atoms with Crippen molar-refractivity contribution < 1.29 is 18.3 Å². The van der Waals surface area contributed by atoms with Crippen LogP contribution in [0, 0.1) is 5.92 Å². The quantitative estimate of drug-likeness (QED) is 0.266. The van der Waals surface area contributed by atoms with Gasteiger partial charge in [-0.25, -0.2) is 14.4 Å². The third kappa shape index (κ3) is 4.81. The van der Waals surface area contributed by atoms with Gasteiger partial charge in [0.25, 0.3) is 12.3 Å². The zero-order valence-corrected chi connectivity index (χ0v) is 23.4. The molecule has 2 aliphatic rings. The Labute approximate surface area is 241 Å². The highest BCUT2D eigenvalue weighted by molar-refractivity contribution is 6.01. The molecule has 0 spiro atoms. The predicted molar refractivity (Wildman–Crippen MR) is 156 cm³/mol. The van der Waals surface area contributed by atoms with E-state index in [-0.39, 0.29) is 19.0 Å². The highest BCUT2D eigenvalue weighted by Gasteiger charge is 2.29. The maximum atomic E-state index is 15.1. The molecule has 7 rings (SSSR count). The fraction of sp³-hybridized carbons (Fsp3) is 0.387. The minimum atomic E-state index is -1.55. The molecular weight excluding hydrogens is 540 g/mol. The van der Waals surface area contributed by atoms with Crippen molar-refractivity contribution in [3.05, 3.63) is 66.2 Å². The first-order chi connectivity index (χ1) is 20.4. The average molecular weight is 574 g/mol. The van der Waals surface area contributed by atoms with E-state index < -0.39 is 19.1 Å². The lowest BCUT2D eigenvalue weighted by Gasteiger charge is -2.30. The summed E-state index contributed by atoms with van der Waals surface area (Å²) < 4.78 is 39.9. The molecule has 1 unspecified atom stereocenters. The lowest BCUT2D eigenvalue weighted by molar-refractivity contribution is 0.0523. The zero-order chi connectivity index (χ0) is 29.0. The Morgan fingerprint density at radius 1 is 1.19 bits per heavy atom. The molecule has 3 aromatic heterocycles. The average Bonchev–Trinajstić information content (AvgIpc) is 3.36. The number of para-hydroxylation sites is 1. The number of hydrogen-bond donors (Lipinski definition) is 1. The first kappa shape index (κ1) is 26.6. The fourth-order valence-corrected chi connectivity index (χ4v) is 6.00. The van der Waals surface area contributed by atoms with Gasteiger partial charge in [-0.05, 0) is 55.0 Å². The largest absolute Gasteiger partial charge is 0.456 e. The van der Waals surface area contributed by atoms with Crippen molar-refractivity contribution in [1.82, 2.24) is 28.6 Å². The lowest BCUT2D eigenvalue weighted by Crippen LogP contribution is -2.45. The number of halogens is 2. The maximum Gasteiger partial charge on any atom is 0.256 e. The van der Waals surface area contributed by atoms with Crippen molar-refractivity contribution in [2.45, 2.75) is 44.8 Å². The molecule has 1 fully saturated rings. The van der Waals surface area contributed by atoms with E-state index in [1.807, 2.05) is 37.4 Å². The molecule has 2 atom stereocenters. The molecule has 218 valence electrons. The van der Waals surface area contributed by atoms with Gasteiger partial charge in [0, 0.05) is 50.0 Å². The molecule has 1 saturated carbocycles. The number of benzene rings is 2. The number of carbonyl (C=O) groups is 1. The summed E-state index contributed by atoms with van der Waals surface area (Å²) in [5.74, 6) is 1.64. The Morgan fingerprint density at radius 3 is 2.81 bits per heavy atom. The summed E-state index contributed by atoms with van der Waals surface area (Å²) in [5, 5.41) is 0.944. The van der Waals surface area contributed by atoms with E-state index in [1.54, 1.807) is 28.2 Å². The monoisotopic (exact) mass is 573 g/mol. The van der Waals surface area contributed by atoms with Gasteiger partial charge in [0.1, 0.15) is 12.4 Å². The summed E-state index contributed by atoms with van der Waals surface area (Å²) in [6.07, 6.45) is 6.31. The van der Waals surface area contributed by atoms with Gasteiger partial charge in [-0.3, -0.25) is 4.79 Å². The van der Waals surface area contributed by atoms with E-state index in [4.69, 9.17) is 15.5 Å². The molecule has 0 radical (unpaired) electrons. The first-order valence-corrected chi connectivity index (χ1v) is 14.4. The minimum Gasteiger partial charge on any atom is -0.456 e. The van der Waals surface area contributed by atoms with Crippen LogP contribution in [-0.2, 0) is 26.6 Å². The van der Waals surface area contributed by atoms with Gasteiger partial charge in [-0.2, -0.15) is 4.39 Å². The van der Waals surface area contributed by atoms with Crippen molar-refractivity contribution in [2.75, 3.05) is 19.8 Å². The van der Waals surface area contributed by atoms with E-state index in [0.717, 1.165) is 52.9 Å². The third-order valence-electron chi connectivity index (χ3n) is 8.35. The van der Waals surface area contributed by atoms with Crippen molar-refractivity contribution in [1.29, 1.82) is 0 Å². The van der Waals surface area contributed by atoms with Gasteiger partial charge < -0.3 is 29.1 Å². The number of imidazole rings is 2. The number of carbonyl (C=O) groups excluding carboxylic acids is 1. The Balaban J connectivity index is 1.28. The van der Waals surface area contributed by atoms with Gasteiger partial charge in [0.05, 0.1) is 41.2 Å². The summed E-state index contributed by atoms with van der Waals surface area (Å²) in [5.41, 5.74) is 10.7. The standard InChI is InChI=1S/C31H33F2N7O2/c1-37-25-11-20-7-9-39(16-22(34)14-32)31(41)23(20)13-24(25)36-30(37)26-12-21-3-2-4-27(29(21)40(26)15-19-5-6-19)42-28(33)17-38-10-8-35-18-38/h2-4,8,10-13,18-19,22,28H,5-7,9,14-17,34H2,1H3/t22-,28?/m1/s1. The highest BCUT2D eigenvalue weighted by atomic mass is 19.1. The lowest BCUT2D eigenvalue weighted by atomic mass is 9.97. The van der Waals surface area contributed by atoms with E-state index >= 15 is 4.39 Å². The number of rotatable bonds is 10. The van der Waals surface area contributed by atoms with Gasteiger partial charge in [-0.15, -0.1) is 0 Å². The minimum absolute atomic E-state index is 0.0395. The third-order valence-corrected chi connectivity index (χ3v) is 8.35. The second-order valence-electron chi connectivity index (χ2n) is 11.5. The van der Waals surface area contributed by atoms with Crippen LogP contribution in [0.4, 0.5) is 8.78 Å². The molecule has 1 aliphatic carbocycles. The van der Waals surface area contributed by atoms with Gasteiger partial charge in [-0.1, -0.05) is 12.1 Å². The van der Waals surface area contributed by atoms with Crippen molar-refractivity contribution >= 4 is 27.8 Å². The van der Waals surface area contributed by atoms with Crippen LogP contribution in [-0.4, -0.2) is 66.6 Å². The summed E-state index contributed by atoms with van der Waals surface area (Å²) in [6.45, 7) is 0.841. The number of aromatic nitrogens is 5. The highest BCUT2D eigenvalue weighted by Crippen LogP contribution is 2.40. The van der Waals surface area contributed by atoms with Crippen LogP contribution in [0.15, 0.2) is 55.1 Å². The first-order valence-electron chi connectivity index (χ1n) is 14.4. The van der Waals surface area contributed by atoms with E-state index in [0.29, 0.717) is 35.7 Å². The number of amides is 1. The molecule has 11 heteroatoms. The topological polar surface area (TPSA) is 96.1 Å². The predicted octanol–water partition coefficient (Wildman–Crippen LogP) is 4.47. The summed E-state index contributed by atoms with van der Waals surface area (Å²) in [4.78, 5) is 23.9. The van der Waals surface area contributed by atoms with E-state index in [2.05, 4.69) is 20.2 Å².